The Kier molecular flexibility index (Phi) is 3.34. The number of hydrogen-bond acceptors (Lipinski definition) is 5. The van der Waals surface area contributed by atoms with Gasteiger partial charge in [-0.25, -0.2) is 4.98 Å². The predicted octanol–water partition coefficient (Wildman–Crippen LogP) is 0.649. The fourth-order valence-electron chi connectivity index (χ4n) is 1.69. The van der Waals surface area contributed by atoms with E-state index in [2.05, 4.69) is 20.6 Å². The zero-order valence-corrected chi connectivity index (χ0v) is 8.86. The van der Waals surface area contributed by atoms with Gasteiger partial charge < -0.3 is 15.4 Å². The average molecular weight is 208 g/mol. The summed E-state index contributed by atoms with van der Waals surface area (Å²) in [5.74, 6) is 0.841. The van der Waals surface area contributed by atoms with Crippen LogP contribution in [0.4, 0.5) is 5.82 Å². The average Bonchev–Trinajstić information content (AvgIpc) is 2.31. The fraction of sp³-hybridized carbons (Fsp3) is 0.600. The van der Waals surface area contributed by atoms with E-state index in [1.165, 1.54) is 0 Å². The Bertz CT molecular complexity index is 312. The fourth-order valence-corrected chi connectivity index (χ4v) is 1.69. The van der Waals surface area contributed by atoms with Crippen LogP contribution in [-0.2, 0) is 0 Å². The van der Waals surface area contributed by atoms with E-state index in [1.54, 1.807) is 13.3 Å². The van der Waals surface area contributed by atoms with E-state index in [9.17, 15) is 0 Å². The topological polar surface area (TPSA) is 59.1 Å². The van der Waals surface area contributed by atoms with Crippen LogP contribution in [0, 0.1) is 0 Å². The van der Waals surface area contributed by atoms with Gasteiger partial charge in [-0.2, -0.15) is 4.98 Å². The molecule has 0 unspecified atom stereocenters. The van der Waals surface area contributed by atoms with Crippen LogP contribution in [0.1, 0.15) is 12.8 Å². The number of hydrogen-bond donors (Lipinski definition) is 2. The lowest BCUT2D eigenvalue weighted by molar-refractivity contribution is 0.380. The second-order valence-corrected chi connectivity index (χ2v) is 3.60. The minimum absolute atomic E-state index is 0.411. The Labute approximate surface area is 89.3 Å². The lowest BCUT2D eigenvalue weighted by atomic mass is 10.1. The van der Waals surface area contributed by atoms with E-state index in [0.717, 1.165) is 31.7 Å². The molecule has 0 saturated carbocycles. The molecule has 5 nitrogen and oxygen atoms in total. The van der Waals surface area contributed by atoms with E-state index in [1.807, 2.05) is 6.07 Å². The molecule has 0 aromatic carbocycles. The summed E-state index contributed by atoms with van der Waals surface area (Å²) >= 11 is 0. The summed E-state index contributed by atoms with van der Waals surface area (Å²) in [6.07, 6.45) is 3.97. The molecule has 0 radical (unpaired) electrons. The summed E-state index contributed by atoms with van der Waals surface area (Å²) in [7, 11) is 1.57. The standard InChI is InChI=1S/C10H16N4O/c1-15-10-12-7-4-9(14-10)13-8-2-5-11-6-3-8/h4,7-8,11H,2-3,5-6H2,1H3,(H,12,13,14). The highest BCUT2D eigenvalue weighted by atomic mass is 16.5. The Morgan fingerprint density at radius 3 is 3.00 bits per heavy atom. The van der Waals surface area contributed by atoms with Crippen LogP contribution in [0.2, 0.25) is 0 Å². The van der Waals surface area contributed by atoms with E-state index >= 15 is 0 Å². The van der Waals surface area contributed by atoms with E-state index < -0.39 is 0 Å². The monoisotopic (exact) mass is 208 g/mol. The van der Waals surface area contributed by atoms with Gasteiger partial charge in [0.25, 0.3) is 0 Å². The van der Waals surface area contributed by atoms with Gasteiger partial charge in [0, 0.05) is 12.2 Å². The number of anilines is 1. The lowest BCUT2D eigenvalue weighted by Crippen LogP contribution is -2.35. The second-order valence-electron chi connectivity index (χ2n) is 3.60. The van der Waals surface area contributed by atoms with Crippen molar-refractivity contribution >= 4 is 5.82 Å². The number of methoxy groups -OCH3 is 1. The van der Waals surface area contributed by atoms with Crippen LogP contribution < -0.4 is 15.4 Å². The zero-order valence-electron chi connectivity index (χ0n) is 8.86. The van der Waals surface area contributed by atoms with Crippen LogP contribution >= 0.6 is 0 Å². The van der Waals surface area contributed by atoms with Crippen molar-refractivity contribution in [2.75, 3.05) is 25.5 Å². The minimum atomic E-state index is 0.411. The van der Waals surface area contributed by atoms with Gasteiger partial charge in [-0.15, -0.1) is 0 Å². The summed E-state index contributed by atoms with van der Waals surface area (Å²) in [5.41, 5.74) is 0. The van der Waals surface area contributed by atoms with E-state index in [4.69, 9.17) is 4.74 Å². The van der Waals surface area contributed by atoms with E-state index in [0.29, 0.717) is 12.1 Å². The molecule has 15 heavy (non-hydrogen) atoms. The van der Waals surface area contributed by atoms with Gasteiger partial charge in [0.05, 0.1) is 7.11 Å². The van der Waals surface area contributed by atoms with Crippen molar-refractivity contribution in [3.05, 3.63) is 12.3 Å². The molecular formula is C10H16N4O. The van der Waals surface area contributed by atoms with Gasteiger partial charge in [-0.05, 0) is 32.0 Å². The zero-order chi connectivity index (χ0) is 10.5. The van der Waals surface area contributed by atoms with Crippen LogP contribution in [0.3, 0.4) is 0 Å². The molecule has 1 aliphatic rings. The maximum absolute atomic E-state index is 4.97. The summed E-state index contributed by atoms with van der Waals surface area (Å²) in [6.45, 7) is 2.14. The number of piperidine rings is 1. The summed E-state index contributed by atoms with van der Waals surface area (Å²) in [6, 6.07) is 2.78. The number of rotatable bonds is 3. The smallest absolute Gasteiger partial charge is 0.318 e. The lowest BCUT2D eigenvalue weighted by Gasteiger charge is -2.24. The van der Waals surface area contributed by atoms with Crippen molar-refractivity contribution in [1.29, 1.82) is 0 Å². The number of aromatic nitrogens is 2. The van der Waals surface area contributed by atoms with Crippen molar-refractivity contribution in [3.8, 4) is 6.01 Å². The first-order valence-electron chi connectivity index (χ1n) is 5.23. The molecule has 1 aliphatic heterocycles. The van der Waals surface area contributed by atoms with Crippen molar-refractivity contribution in [2.24, 2.45) is 0 Å². The van der Waals surface area contributed by atoms with Crippen molar-refractivity contribution in [3.63, 3.8) is 0 Å². The molecule has 0 bridgehead atoms. The summed E-state index contributed by atoms with van der Waals surface area (Å²) in [5, 5.41) is 6.71. The van der Waals surface area contributed by atoms with Crippen molar-refractivity contribution in [2.45, 2.75) is 18.9 Å². The molecule has 82 valence electrons. The number of ether oxygens (including phenoxy) is 1. The Balaban J connectivity index is 1.96. The quantitative estimate of drug-likeness (QED) is 0.763. The van der Waals surface area contributed by atoms with Gasteiger partial charge >= 0.3 is 6.01 Å². The third kappa shape index (κ3) is 2.79. The molecular weight excluding hydrogens is 192 g/mol. The molecule has 0 aliphatic carbocycles. The third-order valence-electron chi connectivity index (χ3n) is 2.51. The minimum Gasteiger partial charge on any atom is -0.467 e. The molecule has 0 atom stereocenters. The highest BCUT2D eigenvalue weighted by molar-refractivity contribution is 5.35. The largest absolute Gasteiger partial charge is 0.467 e. The first-order chi connectivity index (χ1) is 7.38. The Morgan fingerprint density at radius 2 is 2.27 bits per heavy atom. The van der Waals surface area contributed by atoms with Crippen molar-refractivity contribution < 1.29 is 4.74 Å². The molecule has 1 saturated heterocycles. The van der Waals surface area contributed by atoms with Crippen molar-refractivity contribution in [1.82, 2.24) is 15.3 Å². The second kappa shape index (κ2) is 4.93. The molecule has 5 heteroatoms. The van der Waals surface area contributed by atoms with Crippen LogP contribution in [0.25, 0.3) is 0 Å². The Morgan fingerprint density at radius 1 is 1.47 bits per heavy atom. The number of nitrogens with one attached hydrogen (secondary N) is 2. The molecule has 2 N–H and O–H groups in total. The predicted molar refractivity (Wildman–Crippen MR) is 58.1 cm³/mol. The molecule has 1 aromatic heterocycles. The van der Waals surface area contributed by atoms with E-state index in [-0.39, 0.29) is 0 Å². The summed E-state index contributed by atoms with van der Waals surface area (Å²) < 4.78 is 4.97. The molecule has 0 amide bonds. The van der Waals surface area contributed by atoms with Gasteiger partial charge in [0.15, 0.2) is 0 Å². The molecule has 1 fully saturated rings. The maximum atomic E-state index is 4.97. The third-order valence-corrected chi connectivity index (χ3v) is 2.51. The normalized spacial score (nSPS) is 17.4. The van der Waals surface area contributed by atoms with Crippen LogP contribution in [-0.4, -0.2) is 36.2 Å². The van der Waals surface area contributed by atoms with Gasteiger partial charge in [-0.1, -0.05) is 0 Å². The highest BCUT2D eigenvalue weighted by Gasteiger charge is 2.13. The first-order valence-corrected chi connectivity index (χ1v) is 5.23. The van der Waals surface area contributed by atoms with Gasteiger partial charge in [-0.3, -0.25) is 0 Å². The van der Waals surface area contributed by atoms with Crippen LogP contribution in [0.5, 0.6) is 6.01 Å². The van der Waals surface area contributed by atoms with Gasteiger partial charge in [0.1, 0.15) is 5.82 Å². The van der Waals surface area contributed by atoms with Crippen LogP contribution in [0.15, 0.2) is 12.3 Å². The molecule has 2 rings (SSSR count). The molecule has 2 heterocycles. The summed E-state index contributed by atoms with van der Waals surface area (Å²) in [4.78, 5) is 8.19. The Hall–Kier alpha value is -1.36. The molecule has 1 aromatic rings. The maximum Gasteiger partial charge on any atom is 0.318 e. The SMILES string of the molecule is COc1nccc(NC2CCNCC2)n1. The highest BCUT2D eigenvalue weighted by Crippen LogP contribution is 2.12. The van der Waals surface area contributed by atoms with Gasteiger partial charge in [0.2, 0.25) is 0 Å². The number of nitrogens with zero attached hydrogens (tertiary/aromatic N) is 2. The molecule has 0 spiro atoms. The first kappa shape index (κ1) is 10.2.